The second-order valence-corrected chi connectivity index (χ2v) is 8.93. The van der Waals surface area contributed by atoms with Crippen molar-refractivity contribution < 1.29 is 0 Å². The topological polar surface area (TPSA) is 0 Å². The molecule has 110 valence electrons. The Bertz CT molecular complexity index is 329. The van der Waals surface area contributed by atoms with Gasteiger partial charge in [-0.3, -0.25) is 0 Å². The molecule has 5 atom stereocenters. The molecular formula is C19H34. The molecule has 0 radical (unpaired) electrons. The van der Waals surface area contributed by atoms with Gasteiger partial charge in [-0.25, -0.2) is 0 Å². The molecule has 0 spiro atoms. The van der Waals surface area contributed by atoms with Crippen LogP contribution in [0.2, 0.25) is 0 Å². The Hall–Kier alpha value is 0. The number of hydrogen-bond donors (Lipinski definition) is 0. The Morgan fingerprint density at radius 2 is 1.74 bits per heavy atom. The van der Waals surface area contributed by atoms with Gasteiger partial charge in [0.2, 0.25) is 0 Å². The first-order valence-corrected chi connectivity index (χ1v) is 8.97. The summed E-state index contributed by atoms with van der Waals surface area (Å²) in [4.78, 5) is 0. The zero-order valence-electron chi connectivity index (χ0n) is 13.7. The van der Waals surface area contributed by atoms with Crippen molar-refractivity contribution in [2.75, 3.05) is 0 Å². The molecule has 0 saturated heterocycles. The molecule has 0 aromatic carbocycles. The number of fused-ring (bicyclic) bond motifs is 3. The third kappa shape index (κ3) is 2.18. The molecule has 0 aromatic rings. The van der Waals surface area contributed by atoms with Crippen LogP contribution < -0.4 is 0 Å². The Balaban J connectivity index is 1.83. The molecule has 0 bridgehead atoms. The summed E-state index contributed by atoms with van der Waals surface area (Å²) in [5, 5.41) is 0. The maximum Gasteiger partial charge on any atom is -0.0261 e. The smallest absolute Gasteiger partial charge is 0.0261 e. The van der Waals surface area contributed by atoms with Gasteiger partial charge < -0.3 is 0 Å². The lowest BCUT2D eigenvalue weighted by Crippen LogP contribution is -2.52. The van der Waals surface area contributed by atoms with Crippen molar-refractivity contribution >= 4 is 0 Å². The highest BCUT2D eigenvalue weighted by Crippen LogP contribution is 2.64. The largest absolute Gasteiger partial charge is 0.0651 e. The van der Waals surface area contributed by atoms with Crippen molar-refractivity contribution in [2.24, 2.45) is 34.5 Å². The van der Waals surface area contributed by atoms with Crippen molar-refractivity contribution in [3.63, 3.8) is 0 Å². The molecule has 3 saturated carbocycles. The van der Waals surface area contributed by atoms with E-state index in [1.165, 1.54) is 38.5 Å². The molecule has 3 rings (SSSR count). The van der Waals surface area contributed by atoms with E-state index in [2.05, 4.69) is 27.7 Å². The van der Waals surface area contributed by atoms with E-state index in [0.717, 1.165) is 23.7 Å². The monoisotopic (exact) mass is 262 g/mol. The summed E-state index contributed by atoms with van der Waals surface area (Å²) in [5.74, 6) is 4.20. The van der Waals surface area contributed by atoms with Gasteiger partial charge in [0.05, 0.1) is 0 Å². The highest BCUT2D eigenvalue weighted by atomic mass is 14.6. The molecular weight excluding hydrogens is 228 g/mol. The summed E-state index contributed by atoms with van der Waals surface area (Å²) in [7, 11) is 0. The lowest BCUT2D eigenvalue weighted by molar-refractivity contribution is -0.114. The molecule has 0 N–H and O–H groups in total. The quantitative estimate of drug-likeness (QED) is 0.539. The van der Waals surface area contributed by atoms with Crippen LogP contribution in [0.1, 0.15) is 85.5 Å². The minimum Gasteiger partial charge on any atom is -0.0651 e. The predicted molar refractivity (Wildman–Crippen MR) is 83.1 cm³/mol. The molecule has 0 heterocycles. The van der Waals surface area contributed by atoms with Gasteiger partial charge in [-0.05, 0) is 73.0 Å². The van der Waals surface area contributed by atoms with Crippen molar-refractivity contribution in [1.29, 1.82) is 0 Å². The summed E-state index contributed by atoms with van der Waals surface area (Å²) in [6.45, 7) is 10.2. The molecule has 19 heavy (non-hydrogen) atoms. The molecule has 3 aliphatic carbocycles. The molecule has 0 heteroatoms. The summed E-state index contributed by atoms with van der Waals surface area (Å²) >= 11 is 0. The third-order valence-corrected chi connectivity index (χ3v) is 7.62. The molecule has 0 amide bonds. The summed E-state index contributed by atoms with van der Waals surface area (Å²) in [5.41, 5.74) is 1.29. The van der Waals surface area contributed by atoms with Gasteiger partial charge in [-0.2, -0.15) is 0 Å². The van der Waals surface area contributed by atoms with Gasteiger partial charge in [0.15, 0.2) is 0 Å². The summed E-state index contributed by atoms with van der Waals surface area (Å²) in [6.07, 6.45) is 13.6. The zero-order valence-corrected chi connectivity index (χ0v) is 13.7. The van der Waals surface area contributed by atoms with Gasteiger partial charge in [0.1, 0.15) is 0 Å². The van der Waals surface area contributed by atoms with Gasteiger partial charge in [-0.15, -0.1) is 0 Å². The summed E-state index contributed by atoms with van der Waals surface area (Å²) in [6, 6.07) is 0. The van der Waals surface area contributed by atoms with Crippen LogP contribution in [0.3, 0.4) is 0 Å². The Morgan fingerprint density at radius 1 is 0.947 bits per heavy atom. The van der Waals surface area contributed by atoms with Gasteiger partial charge in [0.25, 0.3) is 0 Å². The van der Waals surface area contributed by atoms with Gasteiger partial charge in [-0.1, -0.05) is 47.0 Å². The fourth-order valence-corrected chi connectivity index (χ4v) is 6.63. The number of hydrogen-bond acceptors (Lipinski definition) is 0. The van der Waals surface area contributed by atoms with Crippen LogP contribution >= 0.6 is 0 Å². The van der Waals surface area contributed by atoms with Crippen LogP contribution in [0.4, 0.5) is 0 Å². The standard InChI is InChI=1S/C19H34/c1-5-14-7-9-16-15(13-14)8-10-17-18(2,3)11-6-12-19(16,17)4/h14-17H,5-13H2,1-4H3/t14-,15+,16+,17?,19-/m1/s1. The SMILES string of the molecule is CC[C@@H]1CC[C@H]2[C@@H](CCC3C(C)(C)CCC[C@@]32C)C1. The number of rotatable bonds is 1. The maximum absolute atomic E-state index is 2.68. The second kappa shape index (κ2) is 4.78. The first kappa shape index (κ1) is 14.0. The van der Waals surface area contributed by atoms with Crippen molar-refractivity contribution in [2.45, 2.75) is 85.5 Å². The van der Waals surface area contributed by atoms with Gasteiger partial charge in [0, 0.05) is 0 Å². The molecule has 1 unspecified atom stereocenters. The van der Waals surface area contributed by atoms with Crippen molar-refractivity contribution in [3.8, 4) is 0 Å². The lowest BCUT2D eigenvalue weighted by atomic mass is 9.44. The average Bonchev–Trinajstić information content (AvgIpc) is 2.37. The first-order valence-electron chi connectivity index (χ1n) is 8.97. The predicted octanol–water partition coefficient (Wildman–Crippen LogP) is 6.06. The molecule has 0 aromatic heterocycles. The maximum atomic E-state index is 2.68. The van der Waals surface area contributed by atoms with E-state index < -0.39 is 0 Å². The minimum atomic E-state index is 0.611. The van der Waals surface area contributed by atoms with Crippen molar-refractivity contribution in [1.82, 2.24) is 0 Å². The lowest BCUT2D eigenvalue weighted by Gasteiger charge is -2.61. The average molecular weight is 262 g/mol. The first-order chi connectivity index (χ1) is 8.97. The van der Waals surface area contributed by atoms with Gasteiger partial charge >= 0.3 is 0 Å². The van der Waals surface area contributed by atoms with Crippen LogP contribution in [-0.2, 0) is 0 Å². The minimum absolute atomic E-state index is 0.611. The highest BCUT2D eigenvalue weighted by Gasteiger charge is 2.55. The molecule has 3 fully saturated rings. The van der Waals surface area contributed by atoms with E-state index in [-0.39, 0.29) is 0 Å². The van der Waals surface area contributed by atoms with E-state index in [4.69, 9.17) is 0 Å². The molecule has 0 nitrogen and oxygen atoms in total. The van der Waals surface area contributed by atoms with Crippen LogP contribution in [0, 0.1) is 34.5 Å². The fourth-order valence-electron chi connectivity index (χ4n) is 6.63. The van der Waals surface area contributed by atoms with E-state index in [9.17, 15) is 0 Å². The highest BCUT2D eigenvalue weighted by molar-refractivity contribution is 5.04. The molecule has 0 aliphatic heterocycles. The van der Waals surface area contributed by atoms with Crippen LogP contribution in [-0.4, -0.2) is 0 Å². The van der Waals surface area contributed by atoms with E-state index >= 15 is 0 Å². The van der Waals surface area contributed by atoms with E-state index in [1.54, 1.807) is 19.3 Å². The second-order valence-electron chi connectivity index (χ2n) is 8.93. The van der Waals surface area contributed by atoms with Crippen LogP contribution in [0.5, 0.6) is 0 Å². The third-order valence-electron chi connectivity index (χ3n) is 7.62. The van der Waals surface area contributed by atoms with Crippen LogP contribution in [0.15, 0.2) is 0 Å². The zero-order chi connectivity index (χ0) is 13.7. The summed E-state index contributed by atoms with van der Waals surface area (Å²) < 4.78 is 0. The normalized spacial score (nSPS) is 49.3. The Morgan fingerprint density at radius 3 is 2.47 bits per heavy atom. The Kier molecular flexibility index (Phi) is 3.51. The van der Waals surface area contributed by atoms with Crippen LogP contribution in [0.25, 0.3) is 0 Å². The van der Waals surface area contributed by atoms with Crippen molar-refractivity contribution in [3.05, 3.63) is 0 Å². The van der Waals surface area contributed by atoms with E-state index in [0.29, 0.717) is 10.8 Å². The Labute approximate surface area is 120 Å². The fraction of sp³-hybridized carbons (Fsp3) is 1.00. The van der Waals surface area contributed by atoms with E-state index in [1.807, 2.05) is 0 Å². The molecule has 3 aliphatic rings.